The fourth-order valence-corrected chi connectivity index (χ4v) is 2.31. The average Bonchev–Trinajstić information content (AvgIpc) is 2.48. The molecule has 2 rings (SSSR count). The molecule has 0 atom stereocenters. The van der Waals surface area contributed by atoms with Gasteiger partial charge in [0.2, 0.25) is 0 Å². The molecule has 21 heavy (non-hydrogen) atoms. The van der Waals surface area contributed by atoms with Gasteiger partial charge >= 0.3 is 0 Å². The minimum Gasteiger partial charge on any atom is -0.399 e. The van der Waals surface area contributed by atoms with E-state index in [0.29, 0.717) is 17.8 Å². The summed E-state index contributed by atoms with van der Waals surface area (Å²) >= 11 is 0. The summed E-state index contributed by atoms with van der Waals surface area (Å²) in [6.07, 6.45) is 0.887. The summed E-state index contributed by atoms with van der Waals surface area (Å²) in [5, 5.41) is 2.75. The first-order valence-corrected chi connectivity index (χ1v) is 6.93. The van der Waals surface area contributed by atoms with Gasteiger partial charge in [0.05, 0.1) is 5.56 Å². The summed E-state index contributed by atoms with van der Waals surface area (Å²) in [4.78, 5) is 12.1. The maximum atomic E-state index is 14.0. The Morgan fingerprint density at radius 1 is 1.24 bits per heavy atom. The number of nitrogens with two attached hydrogens (primary N) is 1. The molecular formula is C17H19FN2O. The Kier molecular flexibility index (Phi) is 4.58. The van der Waals surface area contributed by atoms with Gasteiger partial charge in [-0.1, -0.05) is 31.2 Å². The van der Waals surface area contributed by atoms with Gasteiger partial charge in [-0.25, -0.2) is 4.39 Å². The molecule has 0 saturated carbocycles. The summed E-state index contributed by atoms with van der Waals surface area (Å²) in [7, 11) is 0. The first-order chi connectivity index (χ1) is 10.0. The number of hydrogen-bond acceptors (Lipinski definition) is 2. The number of halogens is 1. The lowest BCUT2D eigenvalue weighted by Gasteiger charge is -2.11. The van der Waals surface area contributed by atoms with E-state index in [0.717, 1.165) is 12.0 Å². The van der Waals surface area contributed by atoms with Crippen LogP contribution in [0.15, 0.2) is 36.4 Å². The van der Waals surface area contributed by atoms with Crippen LogP contribution < -0.4 is 11.1 Å². The number of anilines is 1. The second-order valence-corrected chi connectivity index (χ2v) is 5.00. The van der Waals surface area contributed by atoms with Crippen molar-refractivity contribution in [1.82, 2.24) is 5.32 Å². The molecule has 0 unspecified atom stereocenters. The summed E-state index contributed by atoms with van der Waals surface area (Å²) in [5.41, 5.74) is 8.62. The molecular weight excluding hydrogens is 267 g/mol. The molecule has 0 radical (unpaired) electrons. The van der Waals surface area contributed by atoms with E-state index in [1.54, 1.807) is 6.92 Å². The van der Waals surface area contributed by atoms with Crippen molar-refractivity contribution in [2.45, 2.75) is 26.8 Å². The van der Waals surface area contributed by atoms with Crippen LogP contribution in [0.3, 0.4) is 0 Å². The smallest absolute Gasteiger partial charge is 0.254 e. The summed E-state index contributed by atoms with van der Waals surface area (Å²) < 4.78 is 14.0. The van der Waals surface area contributed by atoms with E-state index in [2.05, 4.69) is 12.2 Å². The highest BCUT2D eigenvalue weighted by molar-refractivity contribution is 5.95. The Labute approximate surface area is 124 Å². The van der Waals surface area contributed by atoms with E-state index in [4.69, 9.17) is 5.73 Å². The van der Waals surface area contributed by atoms with Gasteiger partial charge in [0.25, 0.3) is 5.91 Å². The van der Waals surface area contributed by atoms with E-state index in [9.17, 15) is 9.18 Å². The van der Waals surface area contributed by atoms with Crippen LogP contribution in [0.25, 0.3) is 0 Å². The van der Waals surface area contributed by atoms with Gasteiger partial charge in [-0.15, -0.1) is 0 Å². The third-order valence-corrected chi connectivity index (χ3v) is 3.46. The number of carbonyl (C=O) groups is 1. The molecule has 4 heteroatoms. The summed E-state index contributed by atoms with van der Waals surface area (Å²) in [5.74, 6) is -0.973. The molecule has 0 aliphatic heterocycles. The third-order valence-electron chi connectivity index (χ3n) is 3.46. The van der Waals surface area contributed by atoms with E-state index >= 15 is 0 Å². The monoisotopic (exact) mass is 286 g/mol. The molecule has 0 heterocycles. The second-order valence-electron chi connectivity index (χ2n) is 5.00. The van der Waals surface area contributed by atoms with Gasteiger partial charge in [0.15, 0.2) is 0 Å². The Balaban J connectivity index is 2.16. The lowest BCUT2D eigenvalue weighted by molar-refractivity contribution is 0.0946. The number of amides is 1. The van der Waals surface area contributed by atoms with Crippen LogP contribution in [0.5, 0.6) is 0 Å². The zero-order chi connectivity index (χ0) is 15.4. The van der Waals surface area contributed by atoms with Crippen LogP contribution in [0.2, 0.25) is 0 Å². The van der Waals surface area contributed by atoms with Crippen molar-refractivity contribution >= 4 is 11.6 Å². The quantitative estimate of drug-likeness (QED) is 0.848. The molecule has 3 N–H and O–H groups in total. The molecule has 2 aromatic rings. The van der Waals surface area contributed by atoms with Gasteiger partial charge in [0.1, 0.15) is 5.82 Å². The topological polar surface area (TPSA) is 55.1 Å². The first kappa shape index (κ1) is 15.0. The normalized spacial score (nSPS) is 10.4. The van der Waals surface area contributed by atoms with Crippen LogP contribution in [0.4, 0.5) is 10.1 Å². The van der Waals surface area contributed by atoms with Crippen LogP contribution >= 0.6 is 0 Å². The zero-order valence-corrected chi connectivity index (χ0v) is 12.2. The molecule has 0 bridgehead atoms. The van der Waals surface area contributed by atoms with Gasteiger partial charge in [-0.05, 0) is 42.2 Å². The van der Waals surface area contributed by atoms with Crippen molar-refractivity contribution in [2.24, 2.45) is 0 Å². The van der Waals surface area contributed by atoms with Crippen molar-refractivity contribution in [3.05, 3.63) is 64.5 Å². The molecule has 0 aromatic heterocycles. The Bertz CT molecular complexity index is 668. The van der Waals surface area contributed by atoms with Gasteiger partial charge in [-0.2, -0.15) is 0 Å². The van der Waals surface area contributed by atoms with Crippen LogP contribution in [0.1, 0.15) is 34.0 Å². The predicted octanol–water partition coefficient (Wildman–Crippen LogP) is 3.21. The molecule has 2 aromatic carbocycles. The molecule has 110 valence electrons. The number of carbonyl (C=O) groups excluding carboxylic acids is 1. The SMILES string of the molecule is CCc1ccccc1CNC(=O)c1cc(N)cc(C)c1F. The van der Waals surface area contributed by atoms with Crippen molar-refractivity contribution in [2.75, 3.05) is 5.73 Å². The lowest BCUT2D eigenvalue weighted by atomic mass is 10.0. The summed E-state index contributed by atoms with van der Waals surface area (Å²) in [6, 6.07) is 10.7. The average molecular weight is 286 g/mol. The second kappa shape index (κ2) is 6.39. The van der Waals surface area contributed by atoms with Gasteiger partial charge in [0, 0.05) is 12.2 Å². The Hall–Kier alpha value is -2.36. The third kappa shape index (κ3) is 3.40. The zero-order valence-electron chi connectivity index (χ0n) is 12.2. The lowest BCUT2D eigenvalue weighted by Crippen LogP contribution is -2.24. The minimum absolute atomic E-state index is 0.0125. The number of benzene rings is 2. The molecule has 3 nitrogen and oxygen atoms in total. The number of nitrogen functional groups attached to an aromatic ring is 1. The largest absolute Gasteiger partial charge is 0.399 e. The highest BCUT2D eigenvalue weighted by Crippen LogP contribution is 2.17. The fraction of sp³-hybridized carbons (Fsp3) is 0.235. The summed E-state index contributed by atoms with van der Waals surface area (Å²) in [6.45, 7) is 4.02. The fourth-order valence-electron chi connectivity index (χ4n) is 2.31. The molecule has 0 spiro atoms. The molecule has 0 aliphatic carbocycles. The maximum absolute atomic E-state index is 14.0. The Morgan fingerprint density at radius 3 is 2.57 bits per heavy atom. The number of rotatable bonds is 4. The van der Waals surface area contributed by atoms with E-state index < -0.39 is 11.7 Å². The van der Waals surface area contributed by atoms with Crippen molar-refractivity contribution < 1.29 is 9.18 Å². The number of nitrogens with one attached hydrogen (secondary N) is 1. The maximum Gasteiger partial charge on any atom is 0.254 e. The number of hydrogen-bond donors (Lipinski definition) is 2. The molecule has 1 amide bonds. The Morgan fingerprint density at radius 2 is 1.90 bits per heavy atom. The van der Waals surface area contributed by atoms with Crippen molar-refractivity contribution in [3.8, 4) is 0 Å². The van der Waals surface area contributed by atoms with Crippen molar-refractivity contribution in [1.29, 1.82) is 0 Å². The van der Waals surface area contributed by atoms with E-state index in [1.165, 1.54) is 17.7 Å². The van der Waals surface area contributed by atoms with Crippen LogP contribution in [0, 0.1) is 12.7 Å². The van der Waals surface area contributed by atoms with Crippen LogP contribution in [-0.2, 0) is 13.0 Å². The predicted molar refractivity (Wildman–Crippen MR) is 82.5 cm³/mol. The van der Waals surface area contributed by atoms with Gasteiger partial charge in [-0.3, -0.25) is 4.79 Å². The van der Waals surface area contributed by atoms with E-state index in [1.807, 2.05) is 24.3 Å². The minimum atomic E-state index is -0.523. The van der Waals surface area contributed by atoms with E-state index in [-0.39, 0.29) is 5.56 Å². The number of aryl methyl sites for hydroxylation is 2. The van der Waals surface area contributed by atoms with Crippen molar-refractivity contribution in [3.63, 3.8) is 0 Å². The molecule has 0 saturated heterocycles. The standard InChI is InChI=1S/C17H19FN2O/c1-3-12-6-4-5-7-13(12)10-20-17(21)15-9-14(19)8-11(2)16(15)18/h4-9H,3,10,19H2,1-2H3,(H,20,21). The molecule has 0 fully saturated rings. The molecule has 0 aliphatic rings. The van der Waals surface area contributed by atoms with Gasteiger partial charge < -0.3 is 11.1 Å². The first-order valence-electron chi connectivity index (χ1n) is 6.93. The highest BCUT2D eigenvalue weighted by Gasteiger charge is 2.14. The van der Waals surface area contributed by atoms with Crippen LogP contribution in [-0.4, -0.2) is 5.91 Å². The highest BCUT2D eigenvalue weighted by atomic mass is 19.1.